The first-order valence-electron chi connectivity index (χ1n) is 6.64. The molecule has 1 unspecified atom stereocenters. The summed E-state index contributed by atoms with van der Waals surface area (Å²) in [7, 11) is 0. The molecular formula is C14H23NS. The number of thiophene rings is 1. The Bertz CT molecular complexity index is 275. The van der Waals surface area contributed by atoms with Gasteiger partial charge in [-0.1, -0.05) is 25.3 Å². The summed E-state index contributed by atoms with van der Waals surface area (Å²) in [5, 5.41) is 2.16. The average molecular weight is 237 g/mol. The van der Waals surface area contributed by atoms with Gasteiger partial charge in [-0.2, -0.15) is 0 Å². The second kappa shape index (κ2) is 6.41. The van der Waals surface area contributed by atoms with Crippen molar-refractivity contribution in [2.75, 3.05) is 0 Å². The van der Waals surface area contributed by atoms with Crippen molar-refractivity contribution < 1.29 is 0 Å². The minimum Gasteiger partial charge on any atom is -0.327 e. The first-order valence-corrected chi connectivity index (χ1v) is 7.52. The molecule has 2 N–H and O–H groups in total. The molecule has 16 heavy (non-hydrogen) atoms. The Balaban J connectivity index is 1.65. The Morgan fingerprint density at radius 3 is 2.81 bits per heavy atom. The molecule has 1 fully saturated rings. The highest BCUT2D eigenvalue weighted by Gasteiger charge is 2.19. The smallest absolute Gasteiger partial charge is 0.00672 e. The predicted octanol–water partition coefficient (Wildman–Crippen LogP) is 3.98. The molecule has 1 aromatic rings. The first-order chi connectivity index (χ1) is 7.86. The largest absolute Gasteiger partial charge is 0.327 e. The fourth-order valence-corrected chi connectivity index (χ4v) is 3.52. The third-order valence-electron chi connectivity index (χ3n) is 3.80. The zero-order valence-corrected chi connectivity index (χ0v) is 10.8. The molecular weight excluding hydrogens is 214 g/mol. The van der Waals surface area contributed by atoms with E-state index in [4.69, 9.17) is 5.73 Å². The van der Waals surface area contributed by atoms with Crippen LogP contribution in [0.5, 0.6) is 0 Å². The van der Waals surface area contributed by atoms with Crippen LogP contribution < -0.4 is 5.73 Å². The zero-order chi connectivity index (χ0) is 11.2. The Morgan fingerprint density at radius 2 is 2.12 bits per heavy atom. The lowest BCUT2D eigenvalue weighted by molar-refractivity contribution is 0.292. The van der Waals surface area contributed by atoms with Crippen molar-refractivity contribution in [2.45, 2.75) is 57.4 Å². The summed E-state index contributed by atoms with van der Waals surface area (Å²) in [6, 6.07) is 4.83. The van der Waals surface area contributed by atoms with E-state index >= 15 is 0 Å². The van der Waals surface area contributed by atoms with Crippen LogP contribution in [0, 0.1) is 5.92 Å². The van der Waals surface area contributed by atoms with Crippen LogP contribution in [0.2, 0.25) is 0 Å². The van der Waals surface area contributed by atoms with Crippen molar-refractivity contribution in [3.05, 3.63) is 22.4 Å². The quantitative estimate of drug-likeness (QED) is 0.823. The fraction of sp³-hybridized carbons (Fsp3) is 0.714. The summed E-state index contributed by atoms with van der Waals surface area (Å²) >= 11 is 1.87. The molecule has 1 heterocycles. The van der Waals surface area contributed by atoms with Gasteiger partial charge in [0.15, 0.2) is 0 Å². The fourth-order valence-electron chi connectivity index (χ4n) is 2.76. The summed E-state index contributed by atoms with van der Waals surface area (Å²) in [5.74, 6) is 0.817. The van der Waals surface area contributed by atoms with Gasteiger partial charge in [-0.25, -0.2) is 0 Å². The van der Waals surface area contributed by atoms with Crippen LogP contribution in [0.15, 0.2) is 17.5 Å². The monoisotopic (exact) mass is 237 g/mol. The van der Waals surface area contributed by atoms with Crippen molar-refractivity contribution in [3.8, 4) is 0 Å². The topological polar surface area (TPSA) is 26.0 Å². The van der Waals surface area contributed by atoms with Crippen LogP contribution in [0.3, 0.4) is 0 Å². The molecule has 0 amide bonds. The van der Waals surface area contributed by atoms with Gasteiger partial charge in [0.05, 0.1) is 0 Å². The third kappa shape index (κ3) is 3.60. The molecule has 0 saturated heterocycles. The molecule has 0 aliphatic heterocycles. The molecule has 1 nitrogen and oxygen atoms in total. The summed E-state index contributed by atoms with van der Waals surface area (Å²) in [5.41, 5.74) is 6.29. The van der Waals surface area contributed by atoms with E-state index in [0.717, 1.165) is 5.92 Å². The van der Waals surface area contributed by atoms with E-state index in [1.165, 1.54) is 56.2 Å². The van der Waals surface area contributed by atoms with E-state index in [1.807, 2.05) is 11.3 Å². The molecule has 90 valence electrons. The highest BCUT2D eigenvalue weighted by Crippen LogP contribution is 2.27. The van der Waals surface area contributed by atoms with E-state index in [1.54, 1.807) is 0 Å². The highest BCUT2D eigenvalue weighted by atomic mass is 32.1. The molecule has 1 atom stereocenters. The second-order valence-electron chi connectivity index (χ2n) is 5.03. The van der Waals surface area contributed by atoms with Crippen molar-refractivity contribution >= 4 is 11.3 Å². The number of hydrogen-bond acceptors (Lipinski definition) is 2. The van der Waals surface area contributed by atoms with Crippen LogP contribution in [-0.2, 0) is 6.42 Å². The van der Waals surface area contributed by atoms with Gasteiger partial charge >= 0.3 is 0 Å². The lowest BCUT2D eigenvalue weighted by Gasteiger charge is -2.27. The summed E-state index contributed by atoms with van der Waals surface area (Å²) in [4.78, 5) is 1.51. The number of nitrogens with two attached hydrogens (primary N) is 1. The van der Waals surface area contributed by atoms with E-state index in [-0.39, 0.29) is 0 Å². The van der Waals surface area contributed by atoms with Gasteiger partial charge in [-0.05, 0) is 49.5 Å². The Kier molecular flexibility index (Phi) is 4.86. The molecule has 1 aromatic heterocycles. The van der Waals surface area contributed by atoms with E-state index in [2.05, 4.69) is 17.5 Å². The summed E-state index contributed by atoms with van der Waals surface area (Å²) in [6.07, 6.45) is 10.7. The van der Waals surface area contributed by atoms with Crippen molar-refractivity contribution in [1.82, 2.24) is 0 Å². The van der Waals surface area contributed by atoms with E-state index in [0.29, 0.717) is 6.04 Å². The number of aryl methyl sites for hydroxylation is 1. The summed E-state index contributed by atoms with van der Waals surface area (Å²) in [6.45, 7) is 0. The van der Waals surface area contributed by atoms with E-state index < -0.39 is 0 Å². The van der Waals surface area contributed by atoms with Gasteiger partial charge in [0.25, 0.3) is 0 Å². The molecule has 2 heteroatoms. The van der Waals surface area contributed by atoms with Crippen molar-refractivity contribution in [3.63, 3.8) is 0 Å². The van der Waals surface area contributed by atoms with Crippen molar-refractivity contribution in [2.24, 2.45) is 11.7 Å². The molecule has 0 radical (unpaired) electrons. The van der Waals surface area contributed by atoms with Crippen LogP contribution >= 0.6 is 11.3 Å². The van der Waals surface area contributed by atoms with Crippen LogP contribution in [0.1, 0.15) is 49.8 Å². The Labute approximate surface area is 103 Å². The molecule has 0 aromatic carbocycles. The van der Waals surface area contributed by atoms with Gasteiger partial charge in [0, 0.05) is 10.9 Å². The van der Waals surface area contributed by atoms with Crippen LogP contribution in [0.25, 0.3) is 0 Å². The van der Waals surface area contributed by atoms with Crippen molar-refractivity contribution in [1.29, 1.82) is 0 Å². The van der Waals surface area contributed by atoms with Gasteiger partial charge in [0.2, 0.25) is 0 Å². The molecule has 1 aliphatic rings. The Hall–Kier alpha value is -0.340. The maximum atomic E-state index is 6.29. The van der Waals surface area contributed by atoms with Gasteiger partial charge in [-0.3, -0.25) is 0 Å². The predicted molar refractivity (Wildman–Crippen MR) is 71.8 cm³/mol. The SMILES string of the molecule is NC(CCCc1cccs1)C1CCCCC1. The zero-order valence-electron chi connectivity index (χ0n) is 10.0. The molecule has 2 rings (SSSR count). The lowest BCUT2D eigenvalue weighted by Crippen LogP contribution is -2.31. The highest BCUT2D eigenvalue weighted by molar-refractivity contribution is 7.09. The minimum atomic E-state index is 0.459. The standard InChI is InChI=1S/C14H23NS/c15-14(12-6-2-1-3-7-12)10-4-8-13-9-5-11-16-13/h5,9,11-12,14H,1-4,6-8,10,15H2. The lowest BCUT2D eigenvalue weighted by atomic mass is 9.82. The third-order valence-corrected chi connectivity index (χ3v) is 4.73. The van der Waals surface area contributed by atoms with Crippen LogP contribution in [0.4, 0.5) is 0 Å². The van der Waals surface area contributed by atoms with E-state index in [9.17, 15) is 0 Å². The van der Waals surface area contributed by atoms with Gasteiger partial charge in [0.1, 0.15) is 0 Å². The average Bonchev–Trinajstić information content (AvgIpc) is 2.83. The number of rotatable bonds is 5. The maximum Gasteiger partial charge on any atom is 0.00672 e. The van der Waals surface area contributed by atoms with Crippen LogP contribution in [-0.4, -0.2) is 6.04 Å². The first kappa shape index (κ1) is 12.1. The minimum absolute atomic E-state index is 0.459. The van der Waals surface area contributed by atoms with Gasteiger partial charge < -0.3 is 5.73 Å². The second-order valence-corrected chi connectivity index (χ2v) is 6.07. The molecule has 1 saturated carbocycles. The summed E-state index contributed by atoms with van der Waals surface area (Å²) < 4.78 is 0. The Morgan fingerprint density at radius 1 is 1.31 bits per heavy atom. The molecule has 0 spiro atoms. The van der Waals surface area contributed by atoms with Gasteiger partial charge in [-0.15, -0.1) is 11.3 Å². The molecule has 0 bridgehead atoms. The molecule has 1 aliphatic carbocycles. The maximum absolute atomic E-state index is 6.29. The normalized spacial score (nSPS) is 19.8. The number of hydrogen-bond donors (Lipinski definition) is 1.